The fourth-order valence-electron chi connectivity index (χ4n) is 1.42. The number of nitrogens with one attached hydrogen (secondary N) is 1. The van der Waals surface area contributed by atoms with Crippen molar-refractivity contribution in [2.75, 3.05) is 0 Å². The van der Waals surface area contributed by atoms with Crippen LogP contribution >= 0.6 is 11.8 Å². The standard InChI is InChI=1S/C14H17F3N2OS/c1-5-6-7-8-9(2)10(3)18-12-19-11(20)13(4,21-12)14(15,16)17/h5-8,10H,2H2,1,3-4H3,(H,18,19,20)/b6-5-,8-7-/t10-,13-/m0/s1. The highest BCUT2D eigenvalue weighted by atomic mass is 32.2. The number of hydrogen-bond donors (Lipinski definition) is 1. The van der Waals surface area contributed by atoms with Crippen LogP contribution in [0.3, 0.4) is 0 Å². The number of nitrogens with zero attached hydrogens (tertiary/aromatic N) is 1. The molecule has 1 N–H and O–H groups in total. The zero-order valence-electron chi connectivity index (χ0n) is 12.0. The topological polar surface area (TPSA) is 41.5 Å². The number of hydrogen-bond acceptors (Lipinski definition) is 3. The van der Waals surface area contributed by atoms with E-state index in [9.17, 15) is 18.0 Å². The highest BCUT2D eigenvalue weighted by molar-refractivity contribution is 8.16. The summed E-state index contributed by atoms with van der Waals surface area (Å²) < 4.78 is 36.2. The van der Waals surface area contributed by atoms with Crippen molar-refractivity contribution < 1.29 is 18.0 Å². The van der Waals surface area contributed by atoms with Crippen LogP contribution in [0.15, 0.2) is 41.4 Å². The molecule has 0 spiro atoms. The molecular weight excluding hydrogens is 301 g/mol. The second-order valence-electron chi connectivity index (χ2n) is 4.66. The van der Waals surface area contributed by atoms with Gasteiger partial charge in [-0.25, -0.2) is 0 Å². The quantitative estimate of drug-likeness (QED) is 0.805. The lowest BCUT2D eigenvalue weighted by Crippen LogP contribution is -2.46. The molecule has 1 rings (SSSR count). The Morgan fingerprint density at radius 1 is 1.48 bits per heavy atom. The number of thioether (sulfide) groups is 1. The van der Waals surface area contributed by atoms with E-state index in [4.69, 9.17) is 0 Å². The lowest BCUT2D eigenvalue weighted by atomic mass is 10.1. The van der Waals surface area contributed by atoms with Crippen molar-refractivity contribution >= 4 is 22.8 Å². The SMILES string of the molecule is C=C(/C=C\C=C/C)[C@H](C)N=C1NC(=O)[C@@](C)(C(F)(F)F)S1. The molecule has 0 bridgehead atoms. The van der Waals surface area contributed by atoms with Crippen LogP contribution in [-0.4, -0.2) is 28.0 Å². The zero-order valence-corrected chi connectivity index (χ0v) is 12.8. The van der Waals surface area contributed by atoms with Gasteiger partial charge in [-0.2, -0.15) is 13.2 Å². The van der Waals surface area contributed by atoms with Gasteiger partial charge in [0.15, 0.2) is 9.91 Å². The van der Waals surface area contributed by atoms with Crippen LogP contribution in [0.5, 0.6) is 0 Å². The Hall–Kier alpha value is -1.50. The first-order valence-corrected chi connectivity index (χ1v) is 7.06. The van der Waals surface area contributed by atoms with E-state index >= 15 is 0 Å². The Morgan fingerprint density at radius 3 is 2.57 bits per heavy atom. The van der Waals surface area contributed by atoms with Gasteiger partial charge >= 0.3 is 6.18 Å². The van der Waals surface area contributed by atoms with Crippen molar-refractivity contribution in [1.82, 2.24) is 5.32 Å². The fraction of sp³-hybridized carbons (Fsp3) is 0.429. The van der Waals surface area contributed by atoms with Gasteiger partial charge in [0, 0.05) is 0 Å². The van der Waals surface area contributed by atoms with Crippen LogP contribution in [0.25, 0.3) is 0 Å². The van der Waals surface area contributed by atoms with Crippen molar-refractivity contribution in [1.29, 1.82) is 0 Å². The third kappa shape index (κ3) is 4.00. The maximum Gasteiger partial charge on any atom is 0.412 e. The van der Waals surface area contributed by atoms with Crippen LogP contribution in [0, 0.1) is 0 Å². The van der Waals surface area contributed by atoms with E-state index in [0.717, 1.165) is 6.92 Å². The predicted molar refractivity (Wildman–Crippen MR) is 80.2 cm³/mol. The minimum absolute atomic E-state index is 0.0343. The van der Waals surface area contributed by atoms with Crippen LogP contribution in [0.4, 0.5) is 13.2 Å². The van der Waals surface area contributed by atoms with Crippen molar-refractivity contribution in [3.8, 4) is 0 Å². The van der Waals surface area contributed by atoms with Crippen molar-refractivity contribution in [3.05, 3.63) is 36.5 Å². The lowest BCUT2D eigenvalue weighted by molar-refractivity contribution is -0.166. The van der Waals surface area contributed by atoms with E-state index in [1.165, 1.54) is 0 Å². The summed E-state index contributed by atoms with van der Waals surface area (Å²) in [6, 6.07) is -0.426. The molecule has 1 saturated heterocycles. The van der Waals surface area contributed by atoms with Gasteiger partial charge in [-0.3, -0.25) is 9.79 Å². The molecule has 2 atom stereocenters. The number of amides is 1. The number of rotatable bonds is 4. The maximum absolute atomic E-state index is 12.9. The molecule has 1 amide bonds. The van der Waals surface area contributed by atoms with E-state index < -0.39 is 22.9 Å². The molecule has 3 nitrogen and oxygen atoms in total. The van der Waals surface area contributed by atoms with E-state index in [1.807, 2.05) is 13.0 Å². The van der Waals surface area contributed by atoms with Gasteiger partial charge in [-0.05, 0) is 26.3 Å². The van der Waals surface area contributed by atoms with E-state index in [0.29, 0.717) is 17.3 Å². The monoisotopic (exact) mass is 318 g/mol. The molecule has 116 valence electrons. The molecule has 1 fully saturated rings. The second-order valence-corrected chi connectivity index (χ2v) is 6.06. The molecule has 0 aromatic carbocycles. The van der Waals surface area contributed by atoms with Crippen LogP contribution < -0.4 is 5.32 Å². The number of halogens is 3. The molecule has 0 unspecified atom stereocenters. The number of allylic oxidation sites excluding steroid dienone is 3. The Balaban J connectivity index is 2.84. The van der Waals surface area contributed by atoms with Gasteiger partial charge in [-0.1, -0.05) is 42.6 Å². The van der Waals surface area contributed by atoms with Gasteiger partial charge in [0.05, 0.1) is 6.04 Å². The first kappa shape index (κ1) is 17.6. The lowest BCUT2D eigenvalue weighted by Gasteiger charge is -2.21. The second kappa shape index (κ2) is 6.51. The summed E-state index contributed by atoms with van der Waals surface area (Å²) in [5.41, 5.74) is 0.635. The molecule has 7 heteroatoms. The average molecular weight is 318 g/mol. The highest BCUT2D eigenvalue weighted by Crippen LogP contribution is 2.45. The third-order valence-electron chi connectivity index (χ3n) is 2.96. The van der Waals surface area contributed by atoms with E-state index in [1.54, 1.807) is 25.2 Å². The highest BCUT2D eigenvalue weighted by Gasteiger charge is 2.61. The molecule has 21 heavy (non-hydrogen) atoms. The molecule has 0 aliphatic carbocycles. The van der Waals surface area contributed by atoms with Gasteiger partial charge in [0.1, 0.15) is 0 Å². The largest absolute Gasteiger partial charge is 0.412 e. The van der Waals surface area contributed by atoms with Crippen molar-refractivity contribution in [2.24, 2.45) is 4.99 Å². The minimum atomic E-state index is -4.63. The summed E-state index contributed by atoms with van der Waals surface area (Å²) in [7, 11) is 0. The summed E-state index contributed by atoms with van der Waals surface area (Å²) in [4.78, 5) is 15.6. The van der Waals surface area contributed by atoms with Crippen LogP contribution in [0.1, 0.15) is 20.8 Å². The minimum Gasteiger partial charge on any atom is -0.304 e. The smallest absolute Gasteiger partial charge is 0.304 e. The number of carbonyl (C=O) groups excluding carboxylic acids is 1. The molecule has 1 aliphatic heterocycles. The summed E-state index contributed by atoms with van der Waals surface area (Å²) in [5.74, 6) is -1.10. The first-order chi connectivity index (χ1) is 9.61. The van der Waals surface area contributed by atoms with Gasteiger partial charge in [0.25, 0.3) is 5.91 Å². The summed E-state index contributed by atoms with van der Waals surface area (Å²) >= 11 is 0.387. The van der Waals surface area contributed by atoms with Crippen molar-refractivity contribution in [3.63, 3.8) is 0 Å². The maximum atomic E-state index is 12.9. The molecule has 0 radical (unpaired) electrons. The molecule has 1 heterocycles. The van der Waals surface area contributed by atoms with Crippen LogP contribution in [-0.2, 0) is 4.79 Å². The number of aliphatic imine (C=N–C) groups is 1. The summed E-state index contributed by atoms with van der Waals surface area (Å²) in [6.07, 6.45) is 2.49. The van der Waals surface area contributed by atoms with Gasteiger partial charge in [-0.15, -0.1) is 0 Å². The number of amidine groups is 1. The summed E-state index contributed by atoms with van der Waals surface area (Å²) in [6.45, 7) is 8.21. The molecule has 0 aromatic rings. The van der Waals surface area contributed by atoms with Crippen LogP contribution in [0.2, 0.25) is 0 Å². The normalized spacial score (nSPS) is 26.8. The third-order valence-corrected chi connectivity index (χ3v) is 4.18. The number of carbonyl (C=O) groups is 1. The Morgan fingerprint density at radius 2 is 2.10 bits per heavy atom. The predicted octanol–water partition coefficient (Wildman–Crippen LogP) is 3.60. The van der Waals surface area contributed by atoms with E-state index in [2.05, 4.69) is 16.9 Å². The first-order valence-electron chi connectivity index (χ1n) is 6.25. The Labute approximate surface area is 126 Å². The zero-order chi connectivity index (χ0) is 16.3. The average Bonchev–Trinajstić information content (AvgIpc) is 2.65. The van der Waals surface area contributed by atoms with Crippen molar-refractivity contribution in [2.45, 2.75) is 37.7 Å². The number of alkyl halides is 3. The Bertz CT molecular complexity index is 523. The molecular formula is C14H17F3N2OS. The molecule has 0 aromatic heterocycles. The molecule has 0 saturated carbocycles. The van der Waals surface area contributed by atoms with Gasteiger partial charge in [0.2, 0.25) is 0 Å². The van der Waals surface area contributed by atoms with E-state index in [-0.39, 0.29) is 5.17 Å². The van der Waals surface area contributed by atoms with Gasteiger partial charge < -0.3 is 5.32 Å². The molecule has 1 aliphatic rings. The Kier molecular flexibility index (Phi) is 5.44. The summed E-state index contributed by atoms with van der Waals surface area (Å²) in [5, 5.41) is 2.14. The fourth-order valence-corrected chi connectivity index (χ4v) is 2.42.